The molecule has 0 N–H and O–H groups in total. The highest BCUT2D eigenvalue weighted by Gasteiger charge is 2.25. The molecule has 0 radical (unpaired) electrons. The largest absolute Gasteiger partial charge is 0.299 e. The molecule has 0 spiro atoms. The highest BCUT2D eigenvalue weighted by Crippen LogP contribution is 2.27. The van der Waals surface area contributed by atoms with E-state index in [2.05, 4.69) is 27.9 Å². The summed E-state index contributed by atoms with van der Waals surface area (Å²) in [6.45, 7) is 0.842. The first-order chi connectivity index (χ1) is 6.66. The second-order valence-corrected chi connectivity index (χ2v) is 4.75. The summed E-state index contributed by atoms with van der Waals surface area (Å²) in [5.41, 5.74) is 1.04. The maximum absolute atomic E-state index is 13.2. The molecule has 14 heavy (non-hydrogen) atoms. The average molecular weight is 258 g/mol. The lowest BCUT2D eigenvalue weighted by molar-refractivity contribution is 0.316. The summed E-state index contributed by atoms with van der Waals surface area (Å²) in [5.74, 6) is -0.174. The molecule has 1 aromatic carbocycles. The van der Waals surface area contributed by atoms with E-state index in [0.29, 0.717) is 4.47 Å². The molecule has 0 unspecified atom stereocenters. The maximum atomic E-state index is 13.2. The zero-order chi connectivity index (χ0) is 10.1. The van der Waals surface area contributed by atoms with Crippen molar-refractivity contribution in [2.45, 2.75) is 25.4 Å². The molecule has 76 valence electrons. The van der Waals surface area contributed by atoms with Gasteiger partial charge in [-0.05, 0) is 53.5 Å². The lowest BCUT2D eigenvalue weighted by Crippen LogP contribution is -2.19. The number of benzene rings is 1. The van der Waals surface area contributed by atoms with Crippen LogP contribution in [0.5, 0.6) is 0 Å². The van der Waals surface area contributed by atoms with Crippen LogP contribution >= 0.6 is 15.9 Å². The minimum Gasteiger partial charge on any atom is -0.299 e. The predicted molar refractivity (Wildman–Crippen MR) is 58.6 cm³/mol. The molecule has 0 bridgehead atoms. The van der Waals surface area contributed by atoms with E-state index in [1.54, 1.807) is 12.1 Å². The summed E-state index contributed by atoms with van der Waals surface area (Å²) < 4.78 is 13.7. The Morgan fingerprint density at radius 3 is 2.79 bits per heavy atom. The lowest BCUT2D eigenvalue weighted by atomic mass is 10.2. The summed E-state index contributed by atoms with van der Waals surface area (Å²) in [6.07, 6.45) is 2.57. The number of rotatable bonds is 3. The van der Waals surface area contributed by atoms with Crippen LogP contribution in [0.25, 0.3) is 0 Å². The molecule has 1 fully saturated rings. The van der Waals surface area contributed by atoms with Crippen molar-refractivity contribution >= 4 is 15.9 Å². The first-order valence-electron chi connectivity index (χ1n) is 4.81. The summed E-state index contributed by atoms with van der Waals surface area (Å²) in [7, 11) is 2.09. The number of hydrogen-bond acceptors (Lipinski definition) is 1. The SMILES string of the molecule is CN(Cc1ccc(Br)c(F)c1)C1CC1. The van der Waals surface area contributed by atoms with Crippen LogP contribution in [0.3, 0.4) is 0 Å². The standard InChI is InChI=1S/C11H13BrFN/c1-14(9-3-4-9)7-8-2-5-10(12)11(13)6-8/h2,5-6,9H,3-4,7H2,1H3. The van der Waals surface area contributed by atoms with Gasteiger partial charge in [-0.2, -0.15) is 0 Å². The van der Waals surface area contributed by atoms with Gasteiger partial charge in [-0.1, -0.05) is 6.07 Å². The Kier molecular flexibility index (Phi) is 2.88. The molecule has 1 saturated carbocycles. The zero-order valence-electron chi connectivity index (χ0n) is 8.13. The second kappa shape index (κ2) is 3.99. The number of nitrogens with zero attached hydrogens (tertiary/aromatic N) is 1. The van der Waals surface area contributed by atoms with E-state index >= 15 is 0 Å². The average Bonchev–Trinajstić information content (AvgIpc) is 2.94. The lowest BCUT2D eigenvalue weighted by Gasteiger charge is -2.15. The number of halogens is 2. The fraction of sp³-hybridized carbons (Fsp3) is 0.455. The van der Waals surface area contributed by atoms with Gasteiger partial charge in [-0.25, -0.2) is 4.39 Å². The van der Waals surface area contributed by atoms with Crippen molar-refractivity contribution in [2.75, 3.05) is 7.05 Å². The van der Waals surface area contributed by atoms with Crippen LogP contribution < -0.4 is 0 Å². The third kappa shape index (κ3) is 2.34. The predicted octanol–water partition coefficient (Wildman–Crippen LogP) is 3.18. The van der Waals surface area contributed by atoms with Gasteiger partial charge in [0.05, 0.1) is 4.47 Å². The van der Waals surface area contributed by atoms with Crippen molar-refractivity contribution in [1.29, 1.82) is 0 Å². The molecule has 0 heterocycles. The normalized spacial score (nSPS) is 16.3. The van der Waals surface area contributed by atoms with Crippen LogP contribution in [0, 0.1) is 5.82 Å². The molecule has 0 saturated heterocycles. The first-order valence-corrected chi connectivity index (χ1v) is 5.60. The van der Waals surface area contributed by atoms with E-state index in [0.717, 1.165) is 18.2 Å². The van der Waals surface area contributed by atoms with Crippen molar-refractivity contribution < 1.29 is 4.39 Å². The molecule has 0 aromatic heterocycles. The van der Waals surface area contributed by atoms with Crippen LogP contribution in [0.1, 0.15) is 18.4 Å². The van der Waals surface area contributed by atoms with Gasteiger partial charge in [0.15, 0.2) is 0 Å². The van der Waals surface area contributed by atoms with Gasteiger partial charge in [0.25, 0.3) is 0 Å². The molecule has 0 atom stereocenters. The Hall–Kier alpha value is -0.410. The Balaban J connectivity index is 2.04. The summed E-state index contributed by atoms with van der Waals surface area (Å²) in [4.78, 5) is 2.28. The van der Waals surface area contributed by atoms with Gasteiger partial charge in [-0.3, -0.25) is 4.90 Å². The monoisotopic (exact) mass is 257 g/mol. The summed E-state index contributed by atoms with van der Waals surface area (Å²) >= 11 is 3.15. The Morgan fingerprint density at radius 2 is 2.21 bits per heavy atom. The molecule has 2 rings (SSSR count). The van der Waals surface area contributed by atoms with E-state index in [-0.39, 0.29) is 5.82 Å². The van der Waals surface area contributed by atoms with E-state index in [9.17, 15) is 4.39 Å². The first kappa shape index (κ1) is 10.1. The van der Waals surface area contributed by atoms with E-state index in [1.165, 1.54) is 12.8 Å². The summed E-state index contributed by atoms with van der Waals surface area (Å²) in [6, 6.07) is 6.06. The maximum Gasteiger partial charge on any atom is 0.137 e. The fourth-order valence-corrected chi connectivity index (χ4v) is 1.82. The van der Waals surface area contributed by atoms with Gasteiger partial charge in [0.2, 0.25) is 0 Å². The molecule has 0 amide bonds. The molecular weight excluding hydrogens is 245 g/mol. The minimum atomic E-state index is -0.174. The highest BCUT2D eigenvalue weighted by atomic mass is 79.9. The third-order valence-electron chi connectivity index (χ3n) is 2.59. The van der Waals surface area contributed by atoms with Crippen molar-refractivity contribution in [3.8, 4) is 0 Å². The number of hydrogen-bond donors (Lipinski definition) is 0. The highest BCUT2D eigenvalue weighted by molar-refractivity contribution is 9.10. The smallest absolute Gasteiger partial charge is 0.137 e. The zero-order valence-corrected chi connectivity index (χ0v) is 9.72. The molecule has 1 aliphatic rings. The molecule has 1 aromatic rings. The van der Waals surface area contributed by atoms with Crippen LogP contribution in [0.15, 0.2) is 22.7 Å². The molecule has 3 heteroatoms. The molecule has 0 aliphatic heterocycles. The third-order valence-corrected chi connectivity index (χ3v) is 3.23. The Morgan fingerprint density at radius 1 is 1.50 bits per heavy atom. The van der Waals surface area contributed by atoms with Crippen molar-refractivity contribution in [1.82, 2.24) is 4.90 Å². The Labute approximate surface area is 92.0 Å². The van der Waals surface area contributed by atoms with Crippen LogP contribution in [-0.2, 0) is 6.54 Å². The van der Waals surface area contributed by atoms with Crippen LogP contribution in [0.4, 0.5) is 4.39 Å². The fourth-order valence-electron chi connectivity index (χ4n) is 1.57. The second-order valence-electron chi connectivity index (χ2n) is 3.89. The van der Waals surface area contributed by atoms with E-state index < -0.39 is 0 Å². The van der Waals surface area contributed by atoms with Gasteiger partial charge in [0, 0.05) is 12.6 Å². The van der Waals surface area contributed by atoms with E-state index in [4.69, 9.17) is 0 Å². The summed E-state index contributed by atoms with van der Waals surface area (Å²) in [5, 5.41) is 0. The van der Waals surface area contributed by atoms with Gasteiger partial charge in [-0.15, -0.1) is 0 Å². The van der Waals surface area contributed by atoms with Crippen LogP contribution in [-0.4, -0.2) is 18.0 Å². The molecule has 1 nitrogen and oxygen atoms in total. The van der Waals surface area contributed by atoms with Crippen molar-refractivity contribution in [2.24, 2.45) is 0 Å². The van der Waals surface area contributed by atoms with E-state index in [1.807, 2.05) is 6.07 Å². The van der Waals surface area contributed by atoms with Gasteiger partial charge >= 0.3 is 0 Å². The quantitative estimate of drug-likeness (QED) is 0.804. The van der Waals surface area contributed by atoms with Gasteiger partial charge < -0.3 is 0 Å². The molecular formula is C11H13BrFN. The topological polar surface area (TPSA) is 3.24 Å². The van der Waals surface area contributed by atoms with Crippen molar-refractivity contribution in [3.63, 3.8) is 0 Å². The van der Waals surface area contributed by atoms with Crippen LogP contribution in [0.2, 0.25) is 0 Å². The van der Waals surface area contributed by atoms with Crippen molar-refractivity contribution in [3.05, 3.63) is 34.1 Å². The Bertz CT molecular complexity index is 336. The minimum absolute atomic E-state index is 0.174. The van der Waals surface area contributed by atoms with Gasteiger partial charge in [0.1, 0.15) is 5.82 Å². The molecule has 1 aliphatic carbocycles.